The molecule has 148 valence electrons. The van der Waals surface area contributed by atoms with Crippen molar-refractivity contribution >= 4 is 17.2 Å². The second kappa shape index (κ2) is 8.29. The topological polar surface area (TPSA) is 72.4 Å². The number of primary amides is 1. The molecule has 0 atom stereocenters. The minimum absolute atomic E-state index is 0.216. The van der Waals surface area contributed by atoms with E-state index in [0.29, 0.717) is 6.54 Å². The summed E-state index contributed by atoms with van der Waals surface area (Å²) in [5, 5.41) is 0. The Hall–Kier alpha value is -2.44. The quantitative estimate of drug-likeness (QED) is 0.630. The molecule has 6 heteroatoms. The van der Waals surface area contributed by atoms with Crippen LogP contribution in [0.1, 0.15) is 58.8 Å². The van der Waals surface area contributed by atoms with E-state index in [2.05, 4.69) is 54.9 Å². The van der Waals surface area contributed by atoms with E-state index in [0.717, 1.165) is 30.1 Å². The summed E-state index contributed by atoms with van der Waals surface area (Å²) in [5.41, 5.74) is 10.4. The van der Waals surface area contributed by atoms with Gasteiger partial charge in [-0.1, -0.05) is 51.1 Å². The standard InChI is InChI=1S/C22H27N3O2S/c1-15-19(28-14-24-15)13-25(11-16-8-6-5-7-9-16)12-17-10-18(21(23)26)27-20(17)22(2,3)4/h5-10,14H,11-13H2,1-4H3,(H2,23,26). The zero-order valence-corrected chi connectivity index (χ0v) is 17.7. The van der Waals surface area contributed by atoms with E-state index in [1.165, 1.54) is 10.4 Å². The Bertz CT molecular complexity index is 938. The van der Waals surface area contributed by atoms with Crippen LogP contribution in [-0.2, 0) is 25.0 Å². The number of hydrogen-bond acceptors (Lipinski definition) is 5. The van der Waals surface area contributed by atoms with E-state index in [1.807, 2.05) is 18.5 Å². The van der Waals surface area contributed by atoms with Crippen molar-refractivity contribution in [1.29, 1.82) is 0 Å². The maximum atomic E-state index is 11.7. The first-order chi connectivity index (χ1) is 13.2. The highest BCUT2D eigenvalue weighted by molar-refractivity contribution is 7.09. The Morgan fingerprint density at radius 2 is 1.89 bits per heavy atom. The fraction of sp³-hybridized carbons (Fsp3) is 0.364. The molecule has 0 bridgehead atoms. The fourth-order valence-corrected chi connectivity index (χ4v) is 4.05. The lowest BCUT2D eigenvalue weighted by Crippen LogP contribution is -2.24. The predicted octanol–water partition coefficient (Wildman–Crippen LogP) is 4.64. The zero-order valence-electron chi connectivity index (χ0n) is 16.9. The fourth-order valence-electron chi connectivity index (χ4n) is 3.23. The predicted molar refractivity (Wildman–Crippen MR) is 112 cm³/mol. The summed E-state index contributed by atoms with van der Waals surface area (Å²) in [5.74, 6) is 0.485. The number of carbonyl (C=O) groups excluding carboxylic acids is 1. The van der Waals surface area contributed by atoms with Crippen LogP contribution in [0, 0.1) is 6.92 Å². The first kappa shape index (κ1) is 20.3. The van der Waals surface area contributed by atoms with E-state index in [9.17, 15) is 4.79 Å². The van der Waals surface area contributed by atoms with E-state index in [1.54, 1.807) is 17.4 Å². The summed E-state index contributed by atoms with van der Waals surface area (Å²) in [4.78, 5) is 19.6. The number of hydrogen-bond donors (Lipinski definition) is 1. The van der Waals surface area contributed by atoms with Crippen LogP contribution in [0.25, 0.3) is 0 Å². The van der Waals surface area contributed by atoms with Gasteiger partial charge in [0, 0.05) is 35.5 Å². The van der Waals surface area contributed by atoms with Crippen molar-refractivity contribution in [2.24, 2.45) is 5.73 Å². The molecule has 0 aliphatic heterocycles. The maximum absolute atomic E-state index is 11.7. The lowest BCUT2D eigenvalue weighted by atomic mass is 9.90. The van der Waals surface area contributed by atoms with Crippen LogP contribution in [0.15, 0.2) is 46.3 Å². The number of carbonyl (C=O) groups is 1. The highest BCUT2D eigenvalue weighted by atomic mass is 32.1. The molecule has 0 aliphatic rings. The molecule has 0 saturated carbocycles. The molecule has 5 nitrogen and oxygen atoms in total. The Morgan fingerprint density at radius 1 is 1.18 bits per heavy atom. The number of aryl methyl sites for hydroxylation is 1. The lowest BCUT2D eigenvalue weighted by molar-refractivity contribution is 0.0970. The van der Waals surface area contributed by atoms with Gasteiger partial charge in [-0.25, -0.2) is 4.98 Å². The molecular formula is C22H27N3O2S. The number of nitrogens with two attached hydrogens (primary N) is 1. The average molecular weight is 398 g/mol. The van der Waals surface area contributed by atoms with E-state index in [4.69, 9.17) is 10.2 Å². The van der Waals surface area contributed by atoms with E-state index >= 15 is 0 Å². The van der Waals surface area contributed by atoms with E-state index in [-0.39, 0.29) is 11.2 Å². The monoisotopic (exact) mass is 397 g/mol. The Kier molecular flexibility index (Phi) is 6.01. The third kappa shape index (κ3) is 4.88. The molecule has 0 saturated heterocycles. The molecule has 2 heterocycles. The lowest BCUT2D eigenvalue weighted by Gasteiger charge is -2.24. The van der Waals surface area contributed by atoms with Gasteiger partial charge in [0.05, 0.1) is 11.2 Å². The molecule has 28 heavy (non-hydrogen) atoms. The Morgan fingerprint density at radius 3 is 2.46 bits per heavy atom. The van der Waals surface area contributed by atoms with Crippen molar-refractivity contribution < 1.29 is 9.21 Å². The summed E-state index contributed by atoms with van der Waals surface area (Å²) in [6.07, 6.45) is 0. The maximum Gasteiger partial charge on any atom is 0.284 e. The van der Waals surface area contributed by atoms with Gasteiger partial charge in [0.15, 0.2) is 5.76 Å². The number of benzene rings is 1. The summed E-state index contributed by atoms with van der Waals surface area (Å²) in [6.45, 7) is 10.5. The van der Waals surface area contributed by atoms with Gasteiger partial charge in [-0.3, -0.25) is 9.69 Å². The third-order valence-corrected chi connectivity index (χ3v) is 5.51. The smallest absolute Gasteiger partial charge is 0.284 e. The van der Waals surface area contributed by atoms with Gasteiger partial charge in [0.2, 0.25) is 0 Å². The molecule has 2 aromatic heterocycles. The Balaban J connectivity index is 1.92. The van der Waals surface area contributed by atoms with Crippen LogP contribution in [-0.4, -0.2) is 15.8 Å². The second-order valence-electron chi connectivity index (χ2n) is 8.07. The van der Waals surface area contributed by atoms with Gasteiger partial charge < -0.3 is 10.2 Å². The highest BCUT2D eigenvalue weighted by Crippen LogP contribution is 2.31. The molecule has 3 rings (SSSR count). The van der Waals surface area contributed by atoms with Crippen molar-refractivity contribution in [3.05, 3.63) is 75.1 Å². The molecule has 2 N–H and O–H groups in total. The Labute approximate surface area is 170 Å². The van der Waals surface area contributed by atoms with Crippen LogP contribution in [0.2, 0.25) is 0 Å². The van der Waals surface area contributed by atoms with E-state index < -0.39 is 5.91 Å². The van der Waals surface area contributed by atoms with Crippen LogP contribution in [0.3, 0.4) is 0 Å². The minimum atomic E-state index is -0.537. The largest absolute Gasteiger partial charge is 0.455 e. The first-order valence-corrected chi connectivity index (χ1v) is 10.2. The van der Waals surface area contributed by atoms with Gasteiger partial charge in [-0.05, 0) is 18.6 Å². The summed E-state index contributed by atoms with van der Waals surface area (Å²) in [6, 6.07) is 12.2. The molecule has 0 fully saturated rings. The van der Waals surface area contributed by atoms with Crippen molar-refractivity contribution in [2.45, 2.75) is 52.7 Å². The minimum Gasteiger partial charge on any atom is -0.455 e. The SMILES string of the molecule is Cc1ncsc1CN(Cc1ccccc1)Cc1cc(C(N)=O)oc1C(C)(C)C. The molecule has 0 radical (unpaired) electrons. The third-order valence-electron chi connectivity index (χ3n) is 4.59. The van der Waals surface area contributed by atoms with Crippen LogP contribution >= 0.6 is 11.3 Å². The summed E-state index contributed by atoms with van der Waals surface area (Å²) in [7, 11) is 0. The first-order valence-electron chi connectivity index (χ1n) is 9.32. The molecule has 3 aromatic rings. The number of aromatic nitrogens is 1. The molecule has 1 amide bonds. The average Bonchev–Trinajstić information content (AvgIpc) is 3.22. The van der Waals surface area contributed by atoms with Crippen LogP contribution in [0.5, 0.6) is 0 Å². The molecule has 1 aromatic carbocycles. The zero-order chi connectivity index (χ0) is 20.3. The van der Waals surface area contributed by atoms with Gasteiger partial charge in [-0.15, -0.1) is 11.3 Å². The molecule has 0 aliphatic carbocycles. The number of amides is 1. The number of nitrogens with zero attached hydrogens (tertiary/aromatic N) is 2. The second-order valence-corrected chi connectivity index (χ2v) is 9.01. The van der Waals surface area contributed by atoms with Gasteiger partial charge in [-0.2, -0.15) is 0 Å². The summed E-state index contributed by atoms with van der Waals surface area (Å²) >= 11 is 1.67. The molecule has 0 spiro atoms. The van der Waals surface area contributed by atoms with Crippen molar-refractivity contribution in [1.82, 2.24) is 9.88 Å². The van der Waals surface area contributed by atoms with Gasteiger partial charge >= 0.3 is 0 Å². The van der Waals surface area contributed by atoms with Gasteiger partial charge in [0.25, 0.3) is 5.91 Å². The van der Waals surface area contributed by atoms with Crippen LogP contribution in [0.4, 0.5) is 0 Å². The van der Waals surface area contributed by atoms with Crippen molar-refractivity contribution in [3.63, 3.8) is 0 Å². The highest BCUT2D eigenvalue weighted by Gasteiger charge is 2.26. The van der Waals surface area contributed by atoms with Crippen molar-refractivity contribution in [3.8, 4) is 0 Å². The van der Waals surface area contributed by atoms with Crippen molar-refractivity contribution in [2.75, 3.05) is 0 Å². The van der Waals surface area contributed by atoms with Gasteiger partial charge in [0.1, 0.15) is 5.76 Å². The number of rotatable bonds is 7. The molecule has 0 unspecified atom stereocenters. The number of furan rings is 1. The normalized spacial score (nSPS) is 11.9. The molecular weight excluding hydrogens is 370 g/mol. The summed E-state index contributed by atoms with van der Waals surface area (Å²) < 4.78 is 5.84. The van der Waals surface area contributed by atoms with Crippen LogP contribution < -0.4 is 5.73 Å². The number of thiazole rings is 1.